The predicted octanol–water partition coefficient (Wildman–Crippen LogP) is 8.60. The van der Waals surface area contributed by atoms with E-state index in [0.29, 0.717) is 44.9 Å². The molecule has 0 aromatic heterocycles. The molecule has 0 amide bonds. The Bertz CT molecular complexity index is 893. The van der Waals surface area contributed by atoms with Crippen LogP contribution in [0, 0.1) is 11.3 Å². The molecule has 0 aliphatic carbocycles. The molecule has 0 saturated heterocycles. The molecular formula is C36H62O10. The number of unbranched alkanes of at least 4 members (excludes halogenated alkanes) is 12. The lowest BCUT2D eigenvalue weighted by atomic mass is 9.82. The van der Waals surface area contributed by atoms with E-state index >= 15 is 0 Å². The Morgan fingerprint density at radius 1 is 0.565 bits per heavy atom. The van der Waals surface area contributed by atoms with Gasteiger partial charge in [-0.3, -0.25) is 14.4 Å². The summed E-state index contributed by atoms with van der Waals surface area (Å²) in [5.74, 6) is -1.01. The Balaban J connectivity index is 5.30. The van der Waals surface area contributed by atoms with Gasteiger partial charge in [0.25, 0.3) is 5.41 Å². The van der Waals surface area contributed by atoms with Gasteiger partial charge in [0.2, 0.25) is 0 Å². The number of allylic oxidation sites excluding steroid dienone is 1. The maximum atomic E-state index is 13.5. The molecule has 0 fully saturated rings. The van der Waals surface area contributed by atoms with Crippen LogP contribution in [0.2, 0.25) is 0 Å². The summed E-state index contributed by atoms with van der Waals surface area (Å²) >= 11 is 0. The highest BCUT2D eigenvalue weighted by atomic mass is 16.7. The second-order valence-electron chi connectivity index (χ2n) is 12.3. The highest BCUT2D eigenvalue weighted by Gasteiger charge is 2.57. The molecule has 0 aliphatic heterocycles. The first kappa shape index (κ1) is 43.1. The highest BCUT2D eigenvalue weighted by molar-refractivity contribution is 6.17. The van der Waals surface area contributed by atoms with Crippen LogP contribution in [0.3, 0.4) is 0 Å². The molecule has 0 bridgehead atoms. The van der Waals surface area contributed by atoms with Crippen molar-refractivity contribution in [3.05, 3.63) is 5.76 Å². The van der Waals surface area contributed by atoms with Crippen LogP contribution >= 0.6 is 0 Å². The first-order valence-electron chi connectivity index (χ1n) is 17.8. The largest absolute Gasteiger partial charge is 0.514 e. The Labute approximate surface area is 277 Å². The van der Waals surface area contributed by atoms with Crippen molar-refractivity contribution < 1.29 is 47.7 Å². The third kappa shape index (κ3) is 19.6. The number of hydrogen-bond acceptors (Lipinski definition) is 10. The number of rotatable bonds is 29. The van der Waals surface area contributed by atoms with Crippen molar-refractivity contribution in [2.75, 3.05) is 26.4 Å². The van der Waals surface area contributed by atoms with E-state index < -0.39 is 29.5 Å². The van der Waals surface area contributed by atoms with Gasteiger partial charge in [-0.15, -0.1) is 0 Å². The molecule has 1 atom stereocenters. The van der Waals surface area contributed by atoms with Crippen molar-refractivity contribution in [2.45, 2.75) is 157 Å². The lowest BCUT2D eigenvalue weighted by molar-refractivity contribution is -0.185. The molecule has 0 heterocycles. The summed E-state index contributed by atoms with van der Waals surface area (Å²) in [6.07, 6.45) is 12.6. The molecule has 10 heteroatoms. The standard InChI is InChI=1S/C36H62O10/c1-6-9-12-16-21-27-45-35(41)46-31(29-37)22-17-14-15-18-24-36(32(38)42-25-19-11-8-3,34(40)44-28-23-30(4)5)33(39)43-26-20-13-10-7-2/h30H,6-28H2,1-5H3. The number of esters is 3. The van der Waals surface area contributed by atoms with Gasteiger partial charge in [-0.1, -0.05) is 112 Å². The Morgan fingerprint density at radius 3 is 1.54 bits per heavy atom. The zero-order chi connectivity index (χ0) is 34.5. The summed E-state index contributed by atoms with van der Waals surface area (Å²) < 4.78 is 26.6. The summed E-state index contributed by atoms with van der Waals surface area (Å²) in [7, 11) is 0. The molecule has 0 aromatic carbocycles. The highest BCUT2D eigenvalue weighted by Crippen LogP contribution is 2.32. The zero-order valence-corrected chi connectivity index (χ0v) is 29.4. The minimum Gasteiger partial charge on any atom is -0.464 e. The van der Waals surface area contributed by atoms with Crippen molar-refractivity contribution in [3.8, 4) is 0 Å². The van der Waals surface area contributed by atoms with Crippen LogP contribution in [0.1, 0.15) is 157 Å². The van der Waals surface area contributed by atoms with E-state index in [9.17, 15) is 24.0 Å². The smallest absolute Gasteiger partial charge is 0.464 e. The molecule has 1 unspecified atom stereocenters. The fourth-order valence-electron chi connectivity index (χ4n) is 4.67. The Kier molecular flexibility index (Phi) is 26.6. The zero-order valence-electron chi connectivity index (χ0n) is 29.4. The SMILES string of the molecule is CCCCCCCOC(=O)OC(=C=O)CCCCCCC(C(=O)OCCCCC)(C(=O)OCCCCCC)C(=O)OCCC(C)C. The predicted molar refractivity (Wildman–Crippen MR) is 177 cm³/mol. The first-order chi connectivity index (χ1) is 22.2. The fourth-order valence-corrected chi connectivity index (χ4v) is 4.67. The van der Waals surface area contributed by atoms with E-state index in [1.165, 1.54) is 0 Å². The normalized spacial score (nSPS) is 12.1. The van der Waals surface area contributed by atoms with E-state index in [-0.39, 0.29) is 50.9 Å². The van der Waals surface area contributed by atoms with Crippen LogP contribution in [0.5, 0.6) is 0 Å². The third-order valence-corrected chi connectivity index (χ3v) is 7.68. The van der Waals surface area contributed by atoms with Gasteiger partial charge in [-0.05, 0) is 44.4 Å². The molecule has 0 N–H and O–H groups in total. The molecular weight excluding hydrogens is 592 g/mol. The van der Waals surface area contributed by atoms with Crippen LogP contribution in [0.15, 0.2) is 5.76 Å². The molecule has 0 radical (unpaired) electrons. The van der Waals surface area contributed by atoms with Gasteiger partial charge in [0.05, 0.1) is 26.4 Å². The van der Waals surface area contributed by atoms with Crippen LogP contribution in [-0.2, 0) is 42.9 Å². The average molecular weight is 655 g/mol. The molecule has 0 aromatic rings. The number of carbonyl (C=O) groups excluding carboxylic acids is 5. The molecule has 0 aliphatic rings. The molecule has 0 spiro atoms. The lowest BCUT2D eigenvalue weighted by Gasteiger charge is -2.28. The topological polar surface area (TPSA) is 132 Å². The van der Waals surface area contributed by atoms with Crippen molar-refractivity contribution in [2.24, 2.45) is 11.3 Å². The first-order valence-corrected chi connectivity index (χ1v) is 17.8. The van der Waals surface area contributed by atoms with Gasteiger partial charge in [0.15, 0.2) is 11.7 Å². The molecule has 266 valence electrons. The molecule has 0 rings (SSSR count). The number of carbonyl (C=O) groups is 4. The molecule has 0 saturated carbocycles. The van der Waals surface area contributed by atoms with Crippen LogP contribution in [0.25, 0.3) is 0 Å². The summed E-state index contributed by atoms with van der Waals surface area (Å²) in [4.78, 5) is 63.8. The van der Waals surface area contributed by atoms with Gasteiger partial charge in [-0.25, -0.2) is 9.59 Å². The molecule has 10 nitrogen and oxygen atoms in total. The average Bonchev–Trinajstić information content (AvgIpc) is 3.03. The van der Waals surface area contributed by atoms with Crippen LogP contribution in [-0.4, -0.2) is 56.4 Å². The van der Waals surface area contributed by atoms with Crippen molar-refractivity contribution in [1.29, 1.82) is 0 Å². The van der Waals surface area contributed by atoms with Gasteiger partial charge >= 0.3 is 24.1 Å². The fraction of sp³-hybridized carbons (Fsp3) is 0.833. The Morgan fingerprint density at radius 2 is 1.00 bits per heavy atom. The van der Waals surface area contributed by atoms with Gasteiger partial charge in [-0.2, -0.15) is 0 Å². The maximum absolute atomic E-state index is 13.5. The van der Waals surface area contributed by atoms with Gasteiger partial charge in [0, 0.05) is 6.42 Å². The second kappa shape index (κ2) is 28.4. The van der Waals surface area contributed by atoms with Gasteiger partial charge in [0.1, 0.15) is 0 Å². The van der Waals surface area contributed by atoms with Crippen molar-refractivity contribution >= 4 is 30.0 Å². The number of hydrogen-bond donors (Lipinski definition) is 0. The van der Waals surface area contributed by atoms with Crippen molar-refractivity contribution in [1.82, 2.24) is 0 Å². The third-order valence-electron chi connectivity index (χ3n) is 7.68. The quantitative estimate of drug-likeness (QED) is 0.0193. The van der Waals surface area contributed by atoms with E-state index in [0.717, 1.165) is 64.2 Å². The van der Waals surface area contributed by atoms with E-state index in [4.69, 9.17) is 23.7 Å². The monoisotopic (exact) mass is 654 g/mol. The summed E-state index contributed by atoms with van der Waals surface area (Å²) in [6, 6.07) is 0. The van der Waals surface area contributed by atoms with E-state index in [1.54, 1.807) is 5.94 Å². The van der Waals surface area contributed by atoms with Crippen molar-refractivity contribution in [3.63, 3.8) is 0 Å². The minimum absolute atomic E-state index is 0.0766. The van der Waals surface area contributed by atoms with Gasteiger partial charge < -0.3 is 23.7 Å². The van der Waals surface area contributed by atoms with E-state index in [2.05, 4.69) is 13.8 Å². The summed E-state index contributed by atoms with van der Waals surface area (Å²) in [6.45, 7) is 10.7. The second-order valence-corrected chi connectivity index (χ2v) is 12.3. The number of ether oxygens (including phenoxy) is 5. The summed E-state index contributed by atoms with van der Waals surface area (Å²) in [5, 5.41) is 0. The van der Waals surface area contributed by atoms with Crippen LogP contribution in [0.4, 0.5) is 4.79 Å². The van der Waals surface area contributed by atoms with Crippen LogP contribution < -0.4 is 0 Å². The maximum Gasteiger partial charge on any atom is 0.514 e. The molecule has 46 heavy (non-hydrogen) atoms. The summed E-state index contributed by atoms with van der Waals surface area (Å²) in [5.41, 5.74) is -2.20. The minimum atomic E-state index is -2.20. The lowest BCUT2D eigenvalue weighted by Crippen LogP contribution is -2.49. The van der Waals surface area contributed by atoms with E-state index in [1.807, 2.05) is 20.8 Å². The Hall–Kier alpha value is -2.87.